The van der Waals surface area contributed by atoms with Crippen molar-refractivity contribution in [2.45, 2.75) is 0 Å². The molecule has 34 heavy (non-hydrogen) atoms. The molecule has 0 bridgehead atoms. The first-order valence-electron chi connectivity index (χ1n) is 10.1. The summed E-state index contributed by atoms with van der Waals surface area (Å²) in [6.07, 6.45) is 0. The van der Waals surface area contributed by atoms with E-state index in [0.717, 1.165) is 6.07 Å². The number of benzene rings is 3. The summed E-state index contributed by atoms with van der Waals surface area (Å²) >= 11 is 6.02. The minimum absolute atomic E-state index is 0.0298. The molecule has 1 aromatic heterocycles. The Morgan fingerprint density at radius 1 is 1.00 bits per heavy atom. The van der Waals surface area contributed by atoms with Gasteiger partial charge in [0.25, 0.3) is 11.2 Å². The Morgan fingerprint density at radius 3 is 2.35 bits per heavy atom. The SMILES string of the molecule is Cn1c(C(=O)OCC(=O)c2cccc([N+](=O)[O-])c2)c(-c2ccc(Cl)cc2)c2ccccc2c1=O. The van der Waals surface area contributed by atoms with Gasteiger partial charge in [-0.3, -0.25) is 19.7 Å². The fraction of sp³-hybridized carbons (Fsp3) is 0.0800. The number of esters is 1. The Labute approximate surface area is 198 Å². The van der Waals surface area contributed by atoms with E-state index >= 15 is 0 Å². The number of non-ortho nitro benzene ring substituents is 1. The normalized spacial score (nSPS) is 10.8. The molecule has 0 aliphatic rings. The molecule has 0 radical (unpaired) electrons. The summed E-state index contributed by atoms with van der Waals surface area (Å²) in [7, 11) is 1.45. The monoisotopic (exact) mass is 476 g/mol. The molecule has 8 nitrogen and oxygen atoms in total. The zero-order valence-electron chi connectivity index (χ0n) is 17.9. The average molecular weight is 477 g/mol. The number of ketones is 1. The van der Waals surface area contributed by atoms with Crippen LogP contribution < -0.4 is 5.56 Å². The van der Waals surface area contributed by atoms with Crippen LogP contribution in [0.5, 0.6) is 0 Å². The van der Waals surface area contributed by atoms with E-state index in [2.05, 4.69) is 0 Å². The minimum Gasteiger partial charge on any atom is -0.453 e. The Balaban J connectivity index is 1.75. The quantitative estimate of drug-likeness (QED) is 0.171. The van der Waals surface area contributed by atoms with Crippen LogP contribution in [0, 0.1) is 10.1 Å². The standard InChI is InChI=1S/C25H17ClN2O6/c1-27-23(25(31)34-14-21(29)16-5-4-6-18(13-16)28(32)33)22(15-9-11-17(26)12-10-15)19-7-2-3-8-20(19)24(27)30/h2-13H,14H2,1H3. The van der Waals surface area contributed by atoms with Crippen LogP contribution in [0.3, 0.4) is 0 Å². The highest BCUT2D eigenvalue weighted by Gasteiger charge is 2.24. The van der Waals surface area contributed by atoms with Gasteiger partial charge in [0.2, 0.25) is 5.78 Å². The lowest BCUT2D eigenvalue weighted by Crippen LogP contribution is -2.27. The van der Waals surface area contributed by atoms with Gasteiger partial charge in [-0.1, -0.05) is 54.1 Å². The number of carbonyl (C=O) groups excluding carboxylic acids is 2. The van der Waals surface area contributed by atoms with Crippen LogP contribution in [0.1, 0.15) is 20.8 Å². The molecule has 0 saturated carbocycles. The number of nitrogens with zero attached hydrogens (tertiary/aromatic N) is 2. The maximum atomic E-state index is 13.2. The number of hydrogen-bond donors (Lipinski definition) is 0. The van der Waals surface area contributed by atoms with Crippen molar-refractivity contribution in [3.05, 3.63) is 110 Å². The van der Waals surface area contributed by atoms with E-state index in [1.807, 2.05) is 0 Å². The maximum absolute atomic E-state index is 13.2. The zero-order valence-corrected chi connectivity index (χ0v) is 18.6. The first-order chi connectivity index (χ1) is 16.3. The van der Waals surface area contributed by atoms with E-state index in [4.69, 9.17) is 16.3 Å². The molecule has 1 heterocycles. The smallest absolute Gasteiger partial charge is 0.356 e. The molecule has 0 atom stereocenters. The van der Waals surface area contributed by atoms with Gasteiger partial charge in [0.1, 0.15) is 5.69 Å². The highest BCUT2D eigenvalue weighted by atomic mass is 35.5. The third-order valence-electron chi connectivity index (χ3n) is 5.34. The molecule has 0 spiro atoms. The summed E-state index contributed by atoms with van der Waals surface area (Å²) in [6.45, 7) is -0.652. The van der Waals surface area contributed by atoms with Gasteiger partial charge in [0, 0.05) is 40.7 Å². The van der Waals surface area contributed by atoms with Crippen LogP contribution in [0.15, 0.2) is 77.6 Å². The molecule has 4 aromatic rings. The number of nitro groups is 1. The van der Waals surface area contributed by atoms with Gasteiger partial charge < -0.3 is 9.30 Å². The van der Waals surface area contributed by atoms with Crippen LogP contribution in [0.2, 0.25) is 5.02 Å². The summed E-state index contributed by atoms with van der Waals surface area (Å²) in [4.78, 5) is 49.0. The molecule has 170 valence electrons. The number of Topliss-reactive ketones (excluding diaryl/α,β-unsaturated/α-hetero) is 1. The van der Waals surface area contributed by atoms with Gasteiger partial charge in [-0.05, 0) is 29.1 Å². The zero-order chi connectivity index (χ0) is 24.4. The number of aromatic nitrogens is 1. The van der Waals surface area contributed by atoms with Crippen molar-refractivity contribution in [1.29, 1.82) is 0 Å². The second kappa shape index (κ2) is 9.29. The number of nitro benzene ring substituents is 1. The summed E-state index contributed by atoms with van der Waals surface area (Å²) in [6, 6.07) is 18.8. The van der Waals surface area contributed by atoms with Gasteiger partial charge >= 0.3 is 5.97 Å². The molecule has 0 N–H and O–H groups in total. The average Bonchev–Trinajstić information content (AvgIpc) is 2.85. The minimum atomic E-state index is -0.880. The summed E-state index contributed by atoms with van der Waals surface area (Å²) in [5.41, 5.74) is 0.449. The van der Waals surface area contributed by atoms with E-state index in [1.54, 1.807) is 48.5 Å². The van der Waals surface area contributed by atoms with Crippen LogP contribution >= 0.6 is 11.6 Å². The Hall–Kier alpha value is -4.30. The van der Waals surface area contributed by atoms with Gasteiger partial charge in [-0.15, -0.1) is 0 Å². The Bertz CT molecular complexity index is 1510. The van der Waals surface area contributed by atoms with Crippen LogP contribution in [0.4, 0.5) is 5.69 Å². The molecular formula is C25H17ClN2O6. The number of hydrogen-bond acceptors (Lipinski definition) is 6. The lowest BCUT2D eigenvalue weighted by atomic mass is 9.97. The highest BCUT2D eigenvalue weighted by Crippen LogP contribution is 2.31. The number of ether oxygens (including phenoxy) is 1. The summed E-state index contributed by atoms with van der Waals surface area (Å²) in [5.74, 6) is -1.50. The van der Waals surface area contributed by atoms with Crippen molar-refractivity contribution < 1.29 is 19.2 Å². The van der Waals surface area contributed by atoms with Crippen LogP contribution in [0.25, 0.3) is 21.9 Å². The molecular weight excluding hydrogens is 460 g/mol. The van der Waals surface area contributed by atoms with Crippen molar-refractivity contribution in [2.75, 3.05) is 6.61 Å². The number of fused-ring (bicyclic) bond motifs is 1. The lowest BCUT2D eigenvalue weighted by Gasteiger charge is -2.16. The van der Waals surface area contributed by atoms with Gasteiger partial charge in [0.05, 0.1) is 4.92 Å². The number of halogens is 1. The number of pyridine rings is 1. The van der Waals surface area contributed by atoms with E-state index in [0.29, 0.717) is 26.9 Å². The van der Waals surface area contributed by atoms with E-state index in [9.17, 15) is 24.5 Å². The predicted molar refractivity (Wildman–Crippen MR) is 127 cm³/mol. The van der Waals surface area contributed by atoms with Crippen molar-refractivity contribution in [3.8, 4) is 11.1 Å². The fourth-order valence-corrected chi connectivity index (χ4v) is 3.81. The Morgan fingerprint density at radius 2 is 1.68 bits per heavy atom. The molecule has 0 aliphatic carbocycles. The molecule has 0 aliphatic heterocycles. The lowest BCUT2D eigenvalue weighted by molar-refractivity contribution is -0.384. The highest BCUT2D eigenvalue weighted by molar-refractivity contribution is 6.30. The summed E-state index contributed by atoms with van der Waals surface area (Å²) in [5, 5.41) is 12.4. The van der Waals surface area contributed by atoms with Crippen molar-refractivity contribution in [2.24, 2.45) is 7.05 Å². The second-order valence-electron chi connectivity index (χ2n) is 7.45. The molecule has 0 amide bonds. The molecule has 0 saturated heterocycles. The van der Waals surface area contributed by atoms with Gasteiger partial charge in [-0.2, -0.15) is 0 Å². The predicted octanol–water partition coefficient (Wildman–Crippen LogP) is 4.81. The van der Waals surface area contributed by atoms with Crippen molar-refractivity contribution in [3.63, 3.8) is 0 Å². The van der Waals surface area contributed by atoms with Crippen molar-refractivity contribution in [1.82, 2.24) is 4.57 Å². The summed E-state index contributed by atoms with van der Waals surface area (Å²) < 4.78 is 6.46. The third-order valence-corrected chi connectivity index (χ3v) is 5.60. The van der Waals surface area contributed by atoms with Gasteiger partial charge in [-0.25, -0.2) is 4.79 Å². The second-order valence-corrected chi connectivity index (χ2v) is 7.88. The van der Waals surface area contributed by atoms with Crippen molar-refractivity contribution >= 4 is 39.8 Å². The van der Waals surface area contributed by atoms with E-state index in [-0.39, 0.29) is 16.9 Å². The first kappa shape index (κ1) is 22.9. The van der Waals surface area contributed by atoms with E-state index < -0.39 is 28.8 Å². The molecule has 0 fully saturated rings. The van der Waals surface area contributed by atoms with Gasteiger partial charge in [0.15, 0.2) is 6.61 Å². The number of rotatable bonds is 6. The Kier molecular flexibility index (Phi) is 6.25. The molecule has 9 heteroatoms. The fourth-order valence-electron chi connectivity index (χ4n) is 3.69. The third kappa shape index (κ3) is 4.31. The van der Waals surface area contributed by atoms with Crippen LogP contribution in [-0.2, 0) is 11.8 Å². The largest absolute Gasteiger partial charge is 0.453 e. The maximum Gasteiger partial charge on any atom is 0.356 e. The topological polar surface area (TPSA) is 109 Å². The number of carbonyl (C=O) groups is 2. The molecule has 3 aromatic carbocycles. The van der Waals surface area contributed by atoms with Crippen LogP contribution in [-0.4, -0.2) is 27.8 Å². The first-order valence-corrected chi connectivity index (χ1v) is 10.5. The molecule has 0 unspecified atom stereocenters. The van der Waals surface area contributed by atoms with E-state index in [1.165, 1.54) is 29.8 Å². The molecule has 4 rings (SSSR count).